The molecule has 0 amide bonds. The predicted molar refractivity (Wildman–Crippen MR) is 50.7 cm³/mol. The minimum Gasteiger partial charge on any atom is -0.388 e. The van der Waals surface area contributed by atoms with Gasteiger partial charge in [-0.15, -0.1) is 0 Å². The molecule has 0 aliphatic heterocycles. The van der Waals surface area contributed by atoms with Gasteiger partial charge in [-0.2, -0.15) is 8.42 Å². The first kappa shape index (κ1) is 13.3. The first-order valence-electron chi connectivity index (χ1n) is 3.26. The van der Waals surface area contributed by atoms with E-state index in [0.717, 1.165) is 6.26 Å². The van der Waals surface area contributed by atoms with Gasteiger partial charge >= 0.3 is 10.1 Å². The third kappa shape index (κ3) is 3.93. The molecule has 0 N–H and O–H groups in total. The number of rotatable bonds is 3. The van der Waals surface area contributed by atoms with Gasteiger partial charge in [0.15, 0.2) is 0 Å². The topological polar surface area (TPSA) is 43.4 Å². The van der Waals surface area contributed by atoms with Gasteiger partial charge in [0.05, 0.1) is 6.26 Å². The van der Waals surface area contributed by atoms with Crippen LogP contribution in [0.25, 0.3) is 0 Å². The molecule has 5 heteroatoms. The van der Waals surface area contributed by atoms with E-state index in [9.17, 15) is 8.42 Å². The second-order valence-electron chi connectivity index (χ2n) is 2.03. The first-order valence-corrected chi connectivity index (χ1v) is 4.67. The first-order chi connectivity index (χ1) is 5.67. The number of benzene rings is 1. The summed E-state index contributed by atoms with van der Waals surface area (Å²) in [5.41, 5.74) is 0. The van der Waals surface area contributed by atoms with E-state index < -0.39 is 10.1 Å². The van der Waals surface area contributed by atoms with Crippen molar-refractivity contribution < 1.29 is 12.6 Å². The Hall–Kier alpha value is 0.346. The Morgan fingerprint density at radius 3 is 2.23 bits per heavy atom. The van der Waals surface area contributed by atoms with Crippen LogP contribution in [0.5, 0.6) is 0 Å². The van der Waals surface area contributed by atoms with Gasteiger partial charge in [0, 0.05) is 51.4 Å². The zero-order valence-electron chi connectivity index (χ0n) is 7.30. The summed E-state index contributed by atoms with van der Waals surface area (Å²) in [4.78, 5) is 0.130. The van der Waals surface area contributed by atoms with Gasteiger partial charge in [0.1, 0.15) is 4.90 Å². The third-order valence-corrected chi connectivity index (χ3v) is 2.47. The van der Waals surface area contributed by atoms with Crippen molar-refractivity contribution in [3.63, 3.8) is 0 Å². The van der Waals surface area contributed by atoms with E-state index in [2.05, 4.69) is 10.8 Å². The summed E-state index contributed by atoms with van der Waals surface area (Å²) >= 11 is 0. The van der Waals surface area contributed by atoms with E-state index in [1.165, 1.54) is 12.1 Å². The molecular weight excluding hydrogens is 215 g/mol. The van der Waals surface area contributed by atoms with Crippen LogP contribution in [0.2, 0.25) is 0 Å². The molecule has 1 aromatic carbocycles. The Bertz CT molecular complexity index is 358. The van der Waals surface area contributed by atoms with Crippen LogP contribution in [-0.4, -0.2) is 59.8 Å². The summed E-state index contributed by atoms with van der Waals surface area (Å²) in [6.45, 7) is 3.17. The van der Waals surface area contributed by atoms with Crippen molar-refractivity contribution in [3.05, 3.63) is 43.2 Å². The fraction of sp³-hybridized carbons (Fsp3) is 0. The van der Waals surface area contributed by atoms with Gasteiger partial charge in [-0.05, 0) is 12.1 Å². The summed E-state index contributed by atoms with van der Waals surface area (Å²) in [5, 5.41) is 0. The molecule has 13 heavy (non-hydrogen) atoms. The van der Waals surface area contributed by atoms with Gasteiger partial charge in [0.25, 0.3) is 0 Å². The summed E-state index contributed by atoms with van der Waals surface area (Å²) in [6, 6.07) is 7.89. The van der Waals surface area contributed by atoms with Crippen LogP contribution in [0, 0.1) is 0 Å². The molecule has 0 aliphatic rings. The van der Waals surface area contributed by atoms with E-state index in [0.29, 0.717) is 0 Å². The van der Waals surface area contributed by atoms with Crippen LogP contribution >= 0.6 is 0 Å². The van der Waals surface area contributed by atoms with Crippen LogP contribution in [0.15, 0.2) is 48.1 Å². The molecule has 0 spiro atoms. The zero-order chi connectivity index (χ0) is 9.03. The molecule has 0 atom stereocenters. The molecule has 0 fully saturated rings. The molecule has 0 bridgehead atoms. The summed E-state index contributed by atoms with van der Waals surface area (Å²) in [5.74, 6) is 0. The monoisotopic (exact) mass is 223 g/mol. The third-order valence-electron chi connectivity index (χ3n) is 1.23. The molecule has 0 unspecified atom stereocenters. The molecule has 0 heterocycles. The molecule has 3 nitrogen and oxygen atoms in total. The van der Waals surface area contributed by atoms with Gasteiger partial charge in [-0.1, -0.05) is 24.8 Å². The van der Waals surface area contributed by atoms with E-state index in [1.807, 2.05) is 0 Å². The number of hydrogen-bond donors (Lipinski definition) is 0. The molecule has 0 saturated carbocycles. The Kier molecular flexibility index (Phi) is 6.11. The minimum absolute atomic E-state index is 0. The Morgan fingerprint density at radius 1 is 1.23 bits per heavy atom. The molecule has 0 saturated heterocycles. The van der Waals surface area contributed by atoms with Crippen LogP contribution in [0.3, 0.4) is 0 Å². The maximum atomic E-state index is 11.1. The van der Waals surface area contributed by atoms with Gasteiger partial charge in [0.2, 0.25) is 0 Å². The van der Waals surface area contributed by atoms with Crippen LogP contribution < -0.4 is 0 Å². The average Bonchev–Trinajstić information content (AvgIpc) is 2.06. The Labute approximate surface area is 120 Å². The molecule has 1 aromatic rings. The van der Waals surface area contributed by atoms with E-state index in [-0.39, 0.29) is 56.3 Å². The second kappa shape index (κ2) is 5.95. The fourth-order valence-corrected chi connectivity index (χ4v) is 1.51. The molecular formula is C8H8KO3S. The fourth-order valence-electron chi connectivity index (χ4n) is 0.732. The predicted octanol–water partition coefficient (Wildman–Crippen LogP) is 1.15. The van der Waals surface area contributed by atoms with Crippen molar-refractivity contribution in [2.45, 2.75) is 4.90 Å². The van der Waals surface area contributed by atoms with Crippen molar-refractivity contribution in [1.82, 2.24) is 0 Å². The van der Waals surface area contributed by atoms with Gasteiger partial charge in [-0.3, -0.25) is 0 Å². The second-order valence-corrected chi connectivity index (χ2v) is 3.60. The molecule has 65 valence electrons. The molecule has 1 rings (SSSR count). The van der Waals surface area contributed by atoms with Gasteiger partial charge in [-0.25, -0.2) is 0 Å². The molecule has 0 aliphatic carbocycles. The normalized spacial score (nSPS) is 9.85. The summed E-state index contributed by atoms with van der Waals surface area (Å²) in [6.07, 6.45) is 0.891. The minimum atomic E-state index is -3.63. The zero-order valence-corrected chi connectivity index (χ0v) is 11.2. The van der Waals surface area contributed by atoms with Gasteiger partial charge < -0.3 is 4.18 Å². The Morgan fingerprint density at radius 2 is 1.77 bits per heavy atom. The van der Waals surface area contributed by atoms with Crippen molar-refractivity contribution in [1.29, 1.82) is 0 Å². The van der Waals surface area contributed by atoms with E-state index in [4.69, 9.17) is 0 Å². The maximum absolute atomic E-state index is 11.1. The molecule has 1 radical (unpaired) electrons. The van der Waals surface area contributed by atoms with E-state index in [1.54, 1.807) is 18.2 Å². The van der Waals surface area contributed by atoms with Crippen LogP contribution in [0.1, 0.15) is 0 Å². The standard InChI is InChI=1S/C8H8O3S.K/c1-2-11-12(9,10)8-6-4-3-5-7-8;/h2-7H,1H2;. The summed E-state index contributed by atoms with van der Waals surface area (Å²) in [7, 11) is -3.63. The van der Waals surface area contributed by atoms with Crippen molar-refractivity contribution >= 4 is 61.5 Å². The smallest absolute Gasteiger partial charge is 0.338 e. The van der Waals surface area contributed by atoms with E-state index >= 15 is 0 Å². The molecule has 0 aromatic heterocycles. The average molecular weight is 223 g/mol. The number of hydrogen-bond acceptors (Lipinski definition) is 3. The van der Waals surface area contributed by atoms with Crippen LogP contribution in [-0.2, 0) is 14.3 Å². The largest absolute Gasteiger partial charge is 0.388 e. The van der Waals surface area contributed by atoms with Crippen molar-refractivity contribution in [2.75, 3.05) is 0 Å². The Balaban J connectivity index is 0.00000144. The summed E-state index contributed by atoms with van der Waals surface area (Å²) < 4.78 is 26.6. The maximum Gasteiger partial charge on any atom is 0.338 e. The van der Waals surface area contributed by atoms with Crippen molar-refractivity contribution in [2.24, 2.45) is 0 Å². The van der Waals surface area contributed by atoms with Crippen molar-refractivity contribution in [3.8, 4) is 0 Å². The van der Waals surface area contributed by atoms with Crippen LogP contribution in [0.4, 0.5) is 0 Å². The quantitative estimate of drug-likeness (QED) is 0.439. The SMILES string of the molecule is C=COS(=O)(=O)c1ccccc1.[K].